The molecule has 8 nitrogen and oxygen atoms in total. The first kappa shape index (κ1) is 20.3. The molecule has 2 heterocycles. The van der Waals surface area contributed by atoms with Crippen LogP contribution in [0.1, 0.15) is 18.9 Å². The number of benzene rings is 1. The molecular weight excluding hydrogens is 360 g/mol. The van der Waals surface area contributed by atoms with Gasteiger partial charge >= 0.3 is 6.03 Å². The summed E-state index contributed by atoms with van der Waals surface area (Å²) >= 11 is 0. The van der Waals surface area contributed by atoms with Crippen molar-refractivity contribution in [1.82, 2.24) is 20.4 Å². The van der Waals surface area contributed by atoms with E-state index in [-0.39, 0.29) is 30.4 Å². The van der Waals surface area contributed by atoms with Crippen molar-refractivity contribution in [2.75, 3.05) is 27.2 Å². The van der Waals surface area contributed by atoms with E-state index in [0.717, 1.165) is 16.9 Å². The summed E-state index contributed by atoms with van der Waals surface area (Å²) in [5, 5.41) is 6.06. The molecule has 0 aromatic heterocycles. The number of piperidine rings is 1. The minimum absolute atomic E-state index is 0.172. The zero-order chi connectivity index (χ0) is 20.3. The predicted octanol–water partition coefficient (Wildman–Crippen LogP) is 0.784. The average molecular weight is 388 g/mol. The minimum atomic E-state index is -0.534. The number of methoxy groups -OCH3 is 1. The van der Waals surface area contributed by atoms with Crippen LogP contribution in [-0.2, 0) is 20.9 Å². The molecule has 28 heavy (non-hydrogen) atoms. The number of amides is 4. The van der Waals surface area contributed by atoms with Gasteiger partial charge in [-0.25, -0.2) is 4.79 Å². The Hall–Kier alpha value is -2.45. The Morgan fingerprint density at radius 1 is 1.29 bits per heavy atom. The molecule has 152 valence electrons. The number of nitrogens with one attached hydrogen (secondary N) is 2. The predicted molar refractivity (Wildman–Crippen MR) is 103 cm³/mol. The lowest BCUT2D eigenvalue weighted by Gasteiger charge is -2.50. The number of carbonyl (C=O) groups is 3. The molecule has 0 bridgehead atoms. The van der Waals surface area contributed by atoms with Crippen molar-refractivity contribution >= 4 is 17.8 Å². The lowest BCUT2D eigenvalue weighted by molar-refractivity contribution is -0.155. The number of urea groups is 1. The highest BCUT2D eigenvalue weighted by molar-refractivity contribution is 6.01. The smallest absolute Gasteiger partial charge is 0.328 e. The van der Waals surface area contributed by atoms with Gasteiger partial charge in [0.2, 0.25) is 11.8 Å². The van der Waals surface area contributed by atoms with Crippen LogP contribution >= 0.6 is 0 Å². The van der Waals surface area contributed by atoms with Gasteiger partial charge in [-0.1, -0.05) is 37.3 Å². The van der Waals surface area contributed by atoms with E-state index in [9.17, 15) is 14.4 Å². The van der Waals surface area contributed by atoms with E-state index in [1.165, 1.54) is 4.90 Å². The summed E-state index contributed by atoms with van der Waals surface area (Å²) in [5.41, 5.74) is 0.950. The normalized spacial score (nSPS) is 27.5. The van der Waals surface area contributed by atoms with Crippen molar-refractivity contribution in [2.24, 2.45) is 11.8 Å². The van der Waals surface area contributed by atoms with Gasteiger partial charge in [0.1, 0.15) is 6.54 Å². The molecule has 0 spiro atoms. The maximum atomic E-state index is 13.1. The second-order valence-corrected chi connectivity index (χ2v) is 7.33. The second kappa shape index (κ2) is 8.70. The van der Waals surface area contributed by atoms with Crippen LogP contribution in [0, 0.1) is 11.8 Å². The van der Waals surface area contributed by atoms with Gasteiger partial charge in [0.05, 0.1) is 18.2 Å². The summed E-state index contributed by atoms with van der Waals surface area (Å²) in [7, 11) is 3.24. The zero-order valence-electron chi connectivity index (χ0n) is 16.6. The molecule has 1 aromatic rings. The summed E-state index contributed by atoms with van der Waals surface area (Å²) in [4.78, 5) is 40.8. The first-order valence-corrected chi connectivity index (χ1v) is 9.62. The Balaban J connectivity index is 1.71. The van der Waals surface area contributed by atoms with Crippen molar-refractivity contribution in [1.29, 1.82) is 0 Å². The molecule has 0 radical (unpaired) electrons. The molecule has 3 rings (SSSR count). The number of carbonyl (C=O) groups excluding carboxylic acids is 3. The molecule has 4 atom stereocenters. The van der Waals surface area contributed by atoms with E-state index in [4.69, 9.17) is 4.74 Å². The highest BCUT2D eigenvalue weighted by Crippen LogP contribution is 2.32. The van der Waals surface area contributed by atoms with Gasteiger partial charge in [-0.15, -0.1) is 0 Å². The van der Waals surface area contributed by atoms with Crippen LogP contribution in [-0.4, -0.2) is 67.2 Å². The van der Waals surface area contributed by atoms with Crippen molar-refractivity contribution in [3.63, 3.8) is 0 Å². The summed E-state index contributed by atoms with van der Waals surface area (Å²) in [6.45, 7) is 2.78. The Labute approximate surface area is 165 Å². The number of nitrogens with zero attached hydrogens (tertiary/aromatic N) is 2. The van der Waals surface area contributed by atoms with Crippen molar-refractivity contribution in [2.45, 2.75) is 32.2 Å². The molecule has 2 aliphatic heterocycles. The molecule has 2 aliphatic rings. The van der Waals surface area contributed by atoms with Crippen molar-refractivity contribution in [3.05, 3.63) is 35.9 Å². The zero-order valence-corrected chi connectivity index (χ0v) is 16.6. The highest BCUT2D eigenvalue weighted by Gasteiger charge is 2.52. The lowest BCUT2D eigenvalue weighted by Crippen LogP contribution is -2.71. The lowest BCUT2D eigenvalue weighted by atomic mass is 9.81. The van der Waals surface area contributed by atoms with Crippen LogP contribution < -0.4 is 10.6 Å². The van der Waals surface area contributed by atoms with Gasteiger partial charge in [0, 0.05) is 27.2 Å². The first-order valence-electron chi connectivity index (χ1n) is 9.62. The van der Waals surface area contributed by atoms with E-state index in [1.807, 2.05) is 30.3 Å². The number of imide groups is 1. The van der Waals surface area contributed by atoms with E-state index in [1.54, 1.807) is 14.2 Å². The van der Waals surface area contributed by atoms with Crippen LogP contribution in [0.15, 0.2) is 30.3 Å². The molecule has 8 heteroatoms. The summed E-state index contributed by atoms with van der Waals surface area (Å²) in [6.07, 6.45) is 0.141. The summed E-state index contributed by atoms with van der Waals surface area (Å²) in [6, 6.07) is 9.00. The van der Waals surface area contributed by atoms with Crippen LogP contribution in [0.3, 0.4) is 0 Å². The largest absolute Gasteiger partial charge is 0.380 e. The van der Waals surface area contributed by atoms with E-state index in [0.29, 0.717) is 13.1 Å². The third-order valence-electron chi connectivity index (χ3n) is 5.68. The monoisotopic (exact) mass is 388 g/mol. The SMILES string of the molecule is CCC1CNC2C(C(=O)N(CC(=O)NCc3ccccc3)C(=O)N2C)C1OC. The van der Waals surface area contributed by atoms with E-state index >= 15 is 0 Å². The van der Waals surface area contributed by atoms with Crippen LogP contribution in [0.5, 0.6) is 0 Å². The van der Waals surface area contributed by atoms with Crippen LogP contribution in [0.4, 0.5) is 4.79 Å². The van der Waals surface area contributed by atoms with Gasteiger partial charge in [-0.3, -0.25) is 19.8 Å². The Morgan fingerprint density at radius 3 is 2.64 bits per heavy atom. The number of hydrogen-bond acceptors (Lipinski definition) is 5. The molecule has 2 fully saturated rings. The maximum absolute atomic E-state index is 13.1. The number of ether oxygens (including phenoxy) is 1. The van der Waals surface area contributed by atoms with Crippen molar-refractivity contribution < 1.29 is 19.1 Å². The molecule has 4 unspecified atom stereocenters. The third kappa shape index (κ3) is 3.88. The fourth-order valence-corrected chi connectivity index (χ4v) is 4.08. The molecular formula is C20H28N4O4. The fourth-order valence-electron chi connectivity index (χ4n) is 4.08. The highest BCUT2D eigenvalue weighted by atomic mass is 16.5. The fraction of sp³-hybridized carbons (Fsp3) is 0.550. The van der Waals surface area contributed by atoms with Gasteiger partial charge in [0.15, 0.2) is 0 Å². The topological polar surface area (TPSA) is 91.0 Å². The number of fused-ring (bicyclic) bond motifs is 1. The van der Waals surface area contributed by atoms with E-state index in [2.05, 4.69) is 17.6 Å². The number of hydrogen-bond donors (Lipinski definition) is 2. The summed E-state index contributed by atoms with van der Waals surface area (Å²) < 4.78 is 5.65. The van der Waals surface area contributed by atoms with Crippen LogP contribution in [0.25, 0.3) is 0 Å². The maximum Gasteiger partial charge on any atom is 0.328 e. The van der Waals surface area contributed by atoms with Gasteiger partial charge in [-0.2, -0.15) is 0 Å². The molecule has 0 aliphatic carbocycles. The molecule has 0 saturated carbocycles. The van der Waals surface area contributed by atoms with Crippen LogP contribution in [0.2, 0.25) is 0 Å². The second-order valence-electron chi connectivity index (χ2n) is 7.33. The average Bonchev–Trinajstić information content (AvgIpc) is 2.73. The Kier molecular flexibility index (Phi) is 6.31. The minimum Gasteiger partial charge on any atom is -0.380 e. The number of rotatable bonds is 6. The standard InChI is InChI=1S/C20H28N4O4/c1-4-14-11-22-18-16(17(14)28-3)19(26)24(20(27)23(18)2)12-15(25)21-10-13-8-6-5-7-9-13/h5-9,14,16-18,22H,4,10-12H2,1-3H3,(H,21,25). The molecule has 4 amide bonds. The molecule has 2 N–H and O–H groups in total. The van der Waals surface area contributed by atoms with Gasteiger partial charge < -0.3 is 15.0 Å². The molecule has 2 saturated heterocycles. The first-order chi connectivity index (χ1) is 13.5. The quantitative estimate of drug-likeness (QED) is 0.752. The molecule has 1 aromatic carbocycles. The van der Waals surface area contributed by atoms with Crippen molar-refractivity contribution in [3.8, 4) is 0 Å². The third-order valence-corrected chi connectivity index (χ3v) is 5.68. The Bertz CT molecular complexity index is 726. The van der Waals surface area contributed by atoms with Gasteiger partial charge in [0.25, 0.3) is 0 Å². The summed E-state index contributed by atoms with van der Waals surface area (Å²) in [5.74, 6) is -1.10. The van der Waals surface area contributed by atoms with E-state index < -0.39 is 18.1 Å². The van der Waals surface area contributed by atoms with Gasteiger partial charge in [-0.05, 0) is 17.9 Å². The Morgan fingerprint density at radius 2 is 2.00 bits per heavy atom.